The fourth-order valence-corrected chi connectivity index (χ4v) is 3.82. The number of ether oxygens (including phenoxy) is 1. The van der Waals surface area contributed by atoms with E-state index in [4.69, 9.17) is 4.74 Å². The third kappa shape index (κ3) is 2.26. The summed E-state index contributed by atoms with van der Waals surface area (Å²) in [7, 11) is 0. The molecule has 0 spiro atoms. The van der Waals surface area contributed by atoms with Gasteiger partial charge in [-0.25, -0.2) is 9.18 Å². The van der Waals surface area contributed by atoms with Crippen LogP contribution in [-0.2, 0) is 14.3 Å². The highest BCUT2D eigenvalue weighted by Crippen LogP contribution is 2.42. The first-order chi connectivity index (χ1) is 11.1. The Morgan fingerprint density at radius 2 is 1.96 bits per heavy atom. The minimum absolute atomic E-state index is 0.0674. The largest absolute Gasteiger partial charge is 0.456 e. The van der Waals surface area contributed by atoms with Gasteiger partial charge in [-0.2, -0.15) is 11.3 Å². The van der Waals surface area contributed by atoms with Crippen molar-refractivity contribution in [2.75, 3.05) is 11.5 Å². The number of nitrogens with zero attached hydrogens (tertiary/aromatic N) is 1. The van der Waals surface area contributed by atoms with E-state index in [1.54, 1.807) is 0 Å². The molecule has 2 aromatic rings. The molecule has 1 aromatic heterocycles. The summed E-state index contributed by atoms with van der Waals surface area (Å²) in [5.74, 6) is -1.14. The minimum Gasteiger partial charge on any atom is -0.456 e. The van der Waals surface area contributed by atoms with E-state index in [-0.39, 0.29) is 36.6 Å². The average molecular weight is 329 g/mol. The van der Waals surface area contributed by atoms with Gasteiger partial charge in [-0.15, -0.1) is 0 Å². The first-order valence-corrected chi connectivity index (χ1v) is 8.10. The van der Waals surface area contributed by atoms with Gasteiger partial charge in [-0.1, -0.05) is 0 Å². The average Bonchev–Trinajstić information content (AvgIpc) is 3.19. The van der Waals surface area contributed by atoms with Crippen LogP contribution >= 0.6 is 11.3 Å². The predicted molar refractivity (Wildman–Crippen MR) is 83.5 cm³/mol. The van der Waals surface area contributed by atoms with Crippen LogP contribution in [0, 0.1) is 5.82 Å². The SMILES string of the molecule is O=C1OCC2=C1[C@@H](c1ccsc1)CC(=O)N2c1ccc(F)cc1. The molecule has 0 bridgehead atoms. The molecular formula is C17H12FNO3S. The van der Waals surface area contributed by atoms with E-state index in [9.17, 15) is 14.0 Å². The number of thiophene rings is 1. The van der Waals surface area contributed by atoms with Crippen LogP contribution < -0.4 is 4.90 Å². The van der Waals surface area contributed by atoms with Gasteiger partial charge < -0.3 is 4.74 Å². The molecule has 0 saturated heterocycles. The Labute approximate surface area is 135 Å². The molecule has 3 heterocycles. The normalized spacial score (nSPS) is 20.7. The van der Waals surface area contributed by atoms with Crippen LogP contribution in [0.4, 0.5) is 10.1 Å². The van der Waals surface area contributed by atoms with E-state index in [2.05, 4.69) is 0 Å². The molecule has 0 saturated carbocycles. The summed E-state index contributed by atoms with van der Waals surface area (Å²) in [6.07, 6.45) is 0.196. The van der Waals surface area contributed by atoms with Crippen molar-refractivity contribution in [2.45, 2.75) is 12.3 Å². The number of rotatable bonds is 2. The van der Waals surface area contributed by atoms with E-state index < -0.39 is 0 Å². The number of hydrogen-bond acceptors (Lipinski definition) is 4. The number of benzene rings is 1. The fourth-order valence-electron chi connectivity index (χ4n) is 3.10. The van der Waals surface area contributed by atoms with Crippen LogP contribution in [0.5, 0.6) is 0 Å². The van der Waals surface area contributed by atoms with Gasteiger partial charge in [0.05, 0.1) is 11.3 Å². The van der Waals surface area contributed by atoms with Crippen molar-refractivity contribution in [3.63, 3.8) is 0 Å². The van der Waals surface area contributed by atoms with E-state index in [0.29, 0.717) is 17.0 Å². The number of cyclic esters (lactones) is 1. The van der Waals surface area contributed by atoms with Crippen molar-refractivity contribution in [1.82, 2.24) is 0 Å². The van der Waals surface area contributed by atoms with Crippen molar-refractivity contribution < 1.29 is 18.7 Å². The van der Waals surface area contributed by atoms with Crippen molar-refractivity contribution in [2.24, 2.45) is 0 Å². The third-order valence-electron chi connectivity index (χ3n) is 4.15. The second-order valence-corrected chi connectivity index (χ2v) is 6.24. The van der Waals surface area contributed by atoms with Gasteiger partial charge in [0, 0.05) is 18.0 Å². The lowest BCUT2D eigenvalue weighted by Crippen LogP contribution is -2.37. The summed E-state index contributed by atoms with van der Waals surface area (Å²) in [5, 5.41) is 3.87. The zero-order chi connectivity index (χ0) is 16.0. The number of carbonyl (C=O) groups is 2. The van der Waals surface area contributed by atoms with E-state index in [0.717, 1.165) is 5.56 Å². The number of halogens is 1. The van der Waals surface area contributed by atoms with Gasteiger partial charge in [-0.05, 0) is 46.7 Å². The van der Waals surface area contributed by atoms with E-state index in [1.807, 2.05) is 16.8 Å². The molecular weight excluding hydrogens is 317 g/mol. The zero-order valence-corrected chi connectivity index (χ0v) is 12.8. The smallest absolute Gasteiger partial charge is 0.336 e. The molecule has 116 valence electrons. The van der Waals surface area contributed by atoms with Crippen LogP contribution in [-0.4, -0.2) is 18.5 Å². The Kier molecular flexibility index (Phi) is 3.27. The molecule has 2 aliphatic heterocycles. The molecule has 0 unspecified atom stereocenters. The van der Waals surface area contributed by atoms with Gasteiger partial charge >= 0.3 is 5.97 Å². The van der Waals surface area contributed by atoms with Gasteiger partial charge in [0.25, 0.3) is 0 Å². The number of hydrogen-bond donors (Lipinski definition) is 0. The Balaban J connectivity index is 1.83. The summed E-state index contributed by atoms with van der Waals surface area (Å²) in [5.41, 5.74) is 2.60. The van der Waals surface area contributed by atoms with Gasteiger partial charge in [0.15, 0.2) is 0 Å². The van der Waals surface area contributed by atoms with Crippen LogP contribution in [0.2, 0.25) is 0 Å². The highest BCUT2D eigenvalue weighted by Gasteiger charge is 2.42. The van der Waals surface area contributed by atoms with Gasteiger partial charge in [0.2, 0.25) is 5.91 Å². The summed E-state index contributed by atoms with van der Waals surface area (Å²) >= 11 is 1.53. The van der Waals surface area contributed by atoms with Crippen molar-refractivity contribution >= 4 is 28.9 Å². The maximum absolute atomic E-state index is 13.1. The number of esters is 1. The Hall–Kier alpha value is -2.47. The van der Waals surface area contributed by atoms with Crippen molar-refractivity contribution in [3.05, 3.63) is 63.7 Å². The standard InChI is InChI=1S/C17H12FNO3S/c18-11-1-3-12(4-2-11)19-14-8-22-17(21)16(14)13(7-15(19)20)10-5-6-23-9-10/h1-6,9,13H,7-8H2/t13-/m1/s1. The van der Waals surface area contributed by atoms with E-state index in [1.165, 1.54) is 40.5 Å². The number of anilines is 1. The lowest BCUT2D eigenvalue weighted by Gasteiger charge is -2.31. The maximum atomic E-state index is 13.1. The Bertz CT molecular complexity index is 811. The summed E-state index contributed by atoms with van der Waals surface area (Å²) in [4.78, 5) is 26.3. The topological polar surface area (TPSA) is 46.6 Å². The molecule has 0 N–H and O–H groups in total. The number of carbonyl (C=O) groups excluding carboxylic acids is 2. The predicted octanol–water partition coefficient (Wildman–Crippen LogP) is 3.22. The van der Waals surface area contributed by atoms with Crippen LogP contribution in [0.25, 0.3) is 0 Å². The van der Waals surface area contributed by atoms with Crippen LogP contribution in [0.3, 0.4) is 0 Å². The highest BCUT2D eigenvalue weighted by molar-refractivity contribution is 7.08. The molecule has 0 radical (unpaired) electrons. The summed E-state index contributed by atoms with van der Waals surface area (Å²) < 4.78 is 18.3. The molecule has 4 rings (SSSR count). The molecule has 0 fully saturated rings. The first-order valence-electron chi connectivity index (χ1n) is 7.16. The molecule has 1 aromatic carbocycles. The van der Waals surface area contributed by atoms with Crippen molar-refractivity contribution in [3.8, 4) is 0 Å². The highest BCUT2D eigenvalue weighted by atomic mass is 32.1. The molecule has 23 heavy (non-hydrogen) atoms. The lowest BCUT2D eigenvalue weighted by molar-refractivity contribution is -0.136. The minimum atomic E-state index is -0.379. The number of amides is 1. The maximum Gasteiger partial charge on any atom is 0.336 e. The molecule has 0 aliphatic carbocycles. The molecule has 2 aliphatic rings. The monoisotopic (exact) mass is 329 g/mol. The summed E-state index contributed by atoms with van der Waals surface area (Å²) in [6, 6.07) is 7.58. The van der Waals surface area contributed by atoms with Crippen molar-refractivity contribution in [1.29, 1.82) is 0 Å². The zero-order valence-electron chi connectivity index (χ0n) is 12.0. The van der Waals surface area contributed by atoms with Gasteiger partial charge in [0.1, 0.15) is 12.4 Å². The summed E-state index contributed by atoms with van der Waals surface area (Å²) in [6.45, 7) is 0.0674. The molecule has 6 heteroatoms. The van der Waals surface area contributed by atoms with E-state index >= 15 is 0 Å². The second-order valence-electron chi connectivity index (χ2n) is 5.46. The lowest BCUT2D eigenvalue weighted by atomic mass is 9.85. The van der Waals surface area contributed by atoms with Gasteiger partial charge in [-0.3, -0.25) is 9.69 Å². The first kappa shape index (κ1) is 14.1. The third-order valence-corrected chi connectivity index (χ3v) is 4.85. The molecule has 1 amide bonds. The molecule has 4 nitrogen and oxygen atoms in total. The van der Waals surface area contributed by atoms with Crippen LogP contribution in [0.15, 0.2) is 52.4 Å². The molecule has 1 atom stereocenters. The van der Waals surface area contributed by atoms with Crippen LogP contribution in [0.1, 0.15) is 17.9 Å². The quantitative estimate of drug-likeness (QED) is 0.795. The second kappa shape index (κ2) is 5.31. The fraction of sp³-hybridized carbons (Fsp3) is 0.176. The Morgan fingerprint density at radius 1 is 1.17 bits per heavy atom. The Morgan fingerprint density at radius 3 is 2.65 bits per heavy atom.